The molecule has 0 saturated heterocycles. The molecule has 0 aliphatic carbocycles. The van der Waals surface area contributed by atoms with Crippen LogP contribution in [0.25, 0.3) is 11.3 Å². The molecular weight excluding hydrogens is 360 g/mol. The van der Waals surface area contributed by atoms with Gasteiger partial charge in [-0.1, -0.05) is 42.5 Å². The van der Waals surface area contributed by atoms with Crippen molar-refractivity contribution >= 4 is 28.3 Å². The Morgan fingerprint density at radius 2 is 1.81 bits per heavy atom. The first-order chi connectivity index (χ1) is 13.0. The fraction of sp³-hybridized carbons (Fsp3) is 0.190. The largest absolute Gasteiger partial charge is 0.449 e. The maximum Gasteiger partial charge on any atom is 0.339 e. The summed E-state index contributed by atoms with van der Waals surface area (Å²) in [5, 5.41) is 5.04. The standard InChI is InChI=1S/C21H20N2O3S/c1-13-8-7-11-17(14(13)2)20(25)26-15(3)19(24)23-21-22-18(12-27-21)16-9-5-4-6-10-16/h4-12,15H,1-3H3,(H,22,23,24)/t15-/m1/s1. The van der Waals surface area contributed by atoms with Gasteiger partial charge in [-0.2, -0.15) is 0 Å². The minimum Gasteiger partial charge on any atom is -0.449 e. The van der Waals surface area contributed by atoms with E-state index in [2.05, 4.69) is 10.3 Å². The Morgan fingerprint density at radius 3 is 2.56 bits per heavy atom. The number of carbonyl (C=O) groups is 2. The van der Waals surface area contributed by atoms with Gasteiger partial charge in [-0.3, -0.25) is 10.1 Å². The van der Waals surface area contributed by atoms with Gasteiger partial charge < -0.3 is 4.74 Å². The third kappa shape index (κ3) is 4.41. The molecule has 1 aromatic heterocycles. The van der Waals surface area contributed by atoms with Gasteiger partial charge in [0.15, 0.2) is 11.2 Å². The molecule has 3 rings (SSSR count). The highest BCUT2D eigenvalue weighted by Gasteiger charge is 2.21. The van der Waals surface area contributed by atoms with Gasteiger partial charge >= 0.3 is 5.97 Å². The lowest BCUT2D eigenvalue weighted by Crippen LogP contribution is -2.30. The lowest BCUT2D eigenvalue weighted by atomic mass is 10.0. The summed E-state index contributed by atoms with van der Waals surface area (Å²) >= 11 is 1.33. The molecule has 0 radical (unpaired) electrons. The first-order valence-electron chi connectivity index (χ1n) is 8.54. The average Bonchev–Trinajstić information content (AvgIpc) is 3.13. The number of thiazole rings is 1. The Kier molecular flexibility index (Phi) is 5.66. The van der Waals surface area contributed by atoms with Gasteiger partial charge in [0, 0.05) is 10.9 Å². The van der Waals surface area contributed by atoms with Gasteiger partial charge in [0.25, 0.3) is 5.91 Å². The van der Waals surface area contributed by atoms with Crippen molar-refractivity contribution in [2.75, 3.05) is 5.32 Å². The highest BCUT2D eigenvalue weighted by atomic mass is 32.1. The zero-order chi connectivity index (χ0) is 19.4. The van der Waals surface area contributed by atoms with E-state index < -0.39 is 18.0 Å². The van der Waals surface area contributed by atoms with Crippen LogP contribution in [0.1, 0.15) is 28.4 Å². The monoisotopic (exact) mass is 380 g/mol. The van der Waals surface area contributed by atoms with E-state index in [4.69, 9.17) is 4.74 Å². The van der Waals surface area contributed by atoms with Crippen LogP contribution >= 0.6 is 11.3 Å². The minimum absolute atomic E-state index is 0.414. The predicted molar refractivity (Wildman–Crippen MR) is 107 cm³/mol. The average molecular weight is 380 g/mol. The molecule has 0 unspecified atom stereocenters. The molecule has 1 amide bonds. The smallest absolute Gasteiger partial charge is 0.339 e. The van der Waals surface area contributed by atoms with Crippen molar-refractivity contribution in [3.05, 3.63) is 70.6 Å². The molecule has 0 aliphatic heterocycles. The number of esters is 1. The molecular formula is C21H20N2O3S. The predicted octanol–water partition coefficient (Wildman–Crippen LogP) is 4.61. The number of benzene rings is 2. The van der Waals surface area contributed by atoms with Crippen LogP contribution < -0.4 is 5.32 Å². The fourth-order valence-corrected chi connectivity index (χ4v) is 3.25. The van der Waals surface area contributed by atoms with Crippen molar-refractivity contribution in [3.63, 3.8) is 0 Å². The van der Waals surface area contributed by atoms with E-state index >= 15 is 0 Å². The zero-order valence-electron chi connectivity index (χ0n) is 15.4. The van der Waals surface area contributed by atoms with Crippen LogP contribution in [-0.4, -0.2) is 23.0 Å². The third-order valence-electron chi connectivity index (χ3n) is 4.28. The molecule has 0 spiro atoms. The number of nitrogens with one attached hydrogen (secondary N) is 1. The lowest BCUT2D eigenvalue weighted by molar-refractivity contribution is -0.123. The quantitative estimate of drug-likeness (QED) is 0.656. The Labute approximate surface area is 162 Å². The number of aryl methyl sites for hydroxylation is 1. The zero-order valence-corrected chi connectivity index (χ0v) is 16.2. The van der Waals surface area contributed by atoms with Crippen molar-refractivity contribution in [3.8, 4) is 11.3 Å². The van der Waals surface area contributed by atoms with Crippen molar-refractivity contribution in [2.24, 2.45) is 0 Å². The Balaban J connectivity index is 1.63. The molecule has 0 saturated carbocycles. The first-order valence-corrected chi connectivity index (χ1v) is 9.42. The molecule has 3 aromatic rings. The third-order valence-corrected chi connectivity index (χ3v) is 5.04. The number of hydrogen-bond donors (Lipinski definition) is 1. The number of amides is 1. The summed E-state index contributed by atoms with van der Waals surface area (Å²) in [5.74, 6) is -0.925. The van der Waals surface area contributed by atoms with E-state index in [1.165, 1.54) is 11.3 Å². The topological polar surface area (TPSA) is 68.3 Å². The molecule has 0 aliphatic rings. The van der Waals surface area contributed by atoms with E-state index in [1.807, 2.05) is 55.6 Å². The van der Waals surface area contributed by atoms with Gasteiger partial charge in [0.2, 0.25) is 0 Å². The summed E-state index contributed by atoms with van der Waals surface area (Å²) < 4.78 is 5.32. The van der Waals surface area contributed by atoms with Gasteiger partial charge in [-0.15, -0.1) is 11.3 Å². The van der Waals surface area contributed by atoms with Crippen LogP contribution in [0.3, 0.4) is 0 Å². The van der Waals surface area contributed by atoms with Gasteiger partial charge in [-0.25, -0.2) is 9.78 Å². The second-order valence-electron chi connectivity index (χ2n) is 6.19. The first kappa shape index (κ1) is 18.8. The highest BCUT2D eigenvalue weighted by Crippen LogP contribution is 2.24. The maximum atomic E-state index is 12.4. The fourth-order valence-electron chi connectivity index (χ4n) is 2.53. The van der Waals surface area contributed by atoms with E-state index in [1.54, 1.807) is 19.1 Å². The normalized spacial score (nSPS) is 11.7. The lowest BCUT2D eigenvalue weighted by Gasteiger charge is -2.14. The molecule has 1 heterocycles. The molecule has 1 N–H and O–H groups in total. The Hall–Kier alpha value is -2.99. The van der Waals surface area contributed by atoms with Crippen LogP contribution in [0, 0.1) is 13.8 Å². The summed E-state index contributed by atoms with van der Waals surface area (Å²) in [4.78, 5) is 29.1. The van der Waals surface area contributed by atoms with E-state index in [0.717, 1.165) is 22.4 Å². The molecule has 2 aromatic carbocycles. The van der Waals surface area contributed by atoms with Crippen LogP contribution in [0.15, 0.2) is 53.9 Å². The second kappa shape index (κ2) is 8.14. The summed E-state index contributed by atoms with van der Waals surface area (Å²) in [6.45, 7) is 5.33. The molecule has 0 bridgehead atoms. The molecule has 5 nitrogen and oxygen atoms in total. The second-order valence-corrected chi connectivity index (χ2v) is 7.05. The van der Waals surface area contributed by atoms with Crippen LogP contribution in [-0.2, 0) is 9.53 Å². The van der Waals surface area contributed by atoms with Gasteiger partial charge in [0.1, 0.15) is 0 Å². The number of aromatic nitrogens is 1. The summed E-state index contributed by atoms with van der Waals surface area (Å²) in [7, 11) is 0. The number of anilines is 1. The summed E-state index contributed by atoms with van der Waals surface area (Å²) in [6.07, 6.45) is -0.929. The Morgan fingerprint density at radius 1 is 1.07 bits per heavy atom. The number of nitrogens with zero attached hydrogens (tertiary/aromatic N) is 1. The number of ether oxygens (including phenoxy) is 1. The molecule has 138 valence electrons. The van der Waals surface area contributed by atoms with Gasteiger partial charge in [0.05, 0.1) is 11.3 Å². The van der Waals surface area contributed by atoms with Crippen molar-refractivity contribution in [1.29, 1.82) is 0 Å². The number of carbonyl (C=O) groups excluding carboxylic acids is 2. The van der Waals surface area contributed by atoms with E-state index in [-0.39, 0.29) is 0 Å². The van der Waals surface area contributed by atoms with Crippen molar-refractivity contribution < 1.29 is 14.3 Å². The Bertz CT molecular complexity index is 967. The van der Waals surface area contributed by atoms with E-state index in [9.17, 15) is 9.59 Å². The van der Waals surface area contributed by atoms with Crippen LogP contribution in [0.4, 0.5) is 5.13 Å². The molecule has 0 fully saturated rings. The molecule has 6 heteroatoms. The SMILES string of the molecule is Cc1cccc(C(=O)O[C@H](C)C(=O)Nc2nc(-c3ccccc3)cs2)c1C. The summed E-state index contributed by atoms with van der Waals surface area (Å²) in [6, 6.07) is 15.1. The van der Waals surface area contributed by atoms with E-state index in [0.29, 0.717) is 10.7 Å². The number of hydrogen-bond acceptors (Lipinski definition) is 5. The minimum atomic E-state index is -0.929. The number of rotatable bonds is 5. The molecule has 27 heavy (non-hydrogen) atoms. The van der Waals surface area contributed by atoms with Crippen molar-refractivity contribution in [2.45, 2.75) is 26.9 Å². The van der Waals surface area contributed by atoms with Gasteiger partial charge in [-0.05, 0) is 38.0 Å². The van der Waals surface area contributed by atoms with Crippen LogP contribution in [0.5, 0.6) is 0 Å². The van der Waals surface area contributed by atoms with Crippen molar-refractivity contribution in [1.82, 2.24) is 4.98 Å². The van der Waals surface area contributed by atoms with Crippen LogP contribution in [0.2, 0.25) is 0 Å². The summed E-state index contributed by atoms with van der Waals surface area (Å²) in [5.41, 5.74) is 4.08. The molecule has 1 atom stereocenters. The highest BCUT2D eigenvalue weighted by molar-refractivity contribution is 7.14. The maximum absolute atomic E-state index is 12.4.